The van der Waals surface area contributed by atoms with E-state index < -0.39 is 11.2 Å². The van der Waals surface area contributed by atoms with Crippen molar-refractivity contribution in [3.8, 4) is 11.5 Å². The normalized spacial score (nSPS) is 12.1. The smallest absolute Gasteiger partial charge is 0.144 e. The lowest BCUT2D eigenvalue weighted by Crippen LogP contribution is -2.35. The fourth-order valence-corrected chi connectivity index (χ4v) is 5.02. The Kier molecular flexibility index (Phi) is 8.69. The summed E-state index contributed by atoms with van der Waals surface area (Å²) < 4.78 is 17.7. The van der Waals surface area contributed by atoms with Crippen LogP contribution in [0.3, 0.4) is 0 Å². The van der Waals surface area contributed by atoms with Gasteiger partial charge >= 0.3 is 0 Å². The molecular weight excluding hydrogens is 444 g/mol. The standard InChI is InChI=1S/C29H36O4S/c1-21(2)33-29(23-10-14-26(31-5)15-11-23,24-12-16-27(32-6)17-13-24)25-9-7-8-22(18-25)19-34-20-28(3,4)30/h7-18,21,30H,19-20H2,1-6H3. The van der Waals surface area contributed by atoms with Crippen molar-refractivity contribution in [2.75, 3.05) is 20.0 Å². The van der Waals surface area contributed by atoms with Gasteiger partial charge in [0.05, 0.1) is 25.9 Å². The van der Waals surface area contributed by atoms with E-state index in [1.54, 1.807) is 26.0 Å². The first-order valence-corrected chi connectivity index (χ1v) is 12.7. The predicted octanol–water partition coefficient (Wildman–Crippen LogP) is 6.42. The molecule has 0 aromatic heterocycles. The molecule has 0 atom stereocenters. The van der Waals surface area contributed by atoms with Crippen molar-refractivity contribution in [3.05, 3.63) is 95.1 Å². The molecule has 0 bridgehead atoms. The first-order chi connectivity index (χ1) is 16.2. The van der Waals surface area contributed by atoms with Crippen LogP contribution < -0.4 is 9.47 Å². The largest absolute Gasteiger partial charge is 0.497 e. The molecule has 0 saturated heterocycles. The third-order valence-electron chi connectivity index (χ3n) is 5.46. The SMILES string of the molecule is COc1ccc(C(OC(C)C)(c2ccc(OC)cc2)c2cccc(CSCC(C)(C)O)c2)cc1. The number of thioether (sulfide) groups is 1. The van der Waals surface area contributed by atoms with E-state index in [0.29, 0.717) is 5.75 Å². The van der Waals surface area contributed by atoms with Crippen molar-refractivity contribution >= 4 is 11.8 Å². The summed E-state index contributed by atoms with van der Waals surface area (Å²) in [5.74, 6) is 3.07. The lowest BCUT2D eigenvalue weighted by molar-refractivity contribution is -0.0294. The molecule has 0 radical (unpaired) electrons. The van der Waals surface area contributed by atoms with Crippen molar-refractivity contribution < 1.29 is 19.3 Å². The van der Waals surface area contributed by atoms with E-state index in [9.17, 15) is 5.11 Å². The molecule has 4 nitrogen and oxygen atoms in total. The zero-order valence-electron chi connectivity index (χ0n) is 21.0. The Morgan fingerprint density at radius 1 is 0.794 bits per heavy atom. The Morgan fingerprint density at radius 3 is 1.76 bits per heavy atom. The summed E-state index contributed by atoms with van der Waals surface area (Å²) in [7, 11) is 3.34. The third kappa shape index (κ3) is 6.35. The summed E-state index contributed by atoms with van der Waals surface area (Å²) in [4.78, 5) is 0. The Hall–Kier alpha value is -2.47. The van der Waals surface area contributed by atoms with Gasteiger partial charge in [0.1, 0.15) is 17.1 Å². The second-order valence-corrected chi connectivity index (χ2v) is 10.3. The van der Waals surface area contributed by atoms with E-state index in [1.807, 2.05) is 38.1 Å². The van der Waals surface area contributed by atoms with Crippen LogP contribution in [0.1, 0.15) is 49.9 Å². The lowest BCUT2D eigenvalue weighted by atomic mass is 9.79. The summed E-state index contributed by atoms with van der Waals surface area (Å²) in [6.45, 7) is 7.80. The van der Waals surface area contributed by atoms with Crippen LogP contribution in [0.4, 0.5) is 0 Å². The van der Waals surface area contributed by atoms with E-state index in [-0.39, 0.29) is 6.10 Å². The second kappa shape index (κ2) is 11.3. The molecule has 3 aromatic carbocycles. The molecule has 34 heavy (non-hydrogen) atoms. The fraction of sp³-hybridized carbons (Fsp3) is 0.379. The molecule has 5 heteroatoms. The molecule has 0 aliphatic carbocycles. The van der Waals surface area contributed by atoms with Gasteiger partial charge in [0.15, 0.2) is 0 Å². The van der Waals surface area contributed by atoms with E-state index in [2.05, 4.69) is 62.4 Å². The van der Waals surface area contributed by atoms with Gasteiger partial charge < -0.3 is 19.3 Å². The molecule has 0 unspecified atom stereocenters. The number of hydrogen-bond acceptors (Lipinski definition) is 5. The molecule has 0 amide bonds. The highest BCUT2D eigenvalue weighted by Gasteiger charge is 2.39. The molecule has 0 aliphatic rings. The molecular formula is C29H36O4S. The van der Waals surface area contributed by atoms with Crippen LogP contribution in [0.2, 0.25) is 0 Å². The highest BCUT2D eigenvalue weighted by atomic mass is 32.2. The van der Waals surface area contributed by atoms with Crippen molar-refractivity contribution in [3.63, 3.8) is 0 Å². The van der Waals surface area contributed by atoms with E-state index in [4.69, 9.17) is 14.2 Å². The fourth-order valence-electron chi connectivity index (χ4n) is 4.01. The number of ether oxygens (including phenoxy) is 3. The minimum atomic E-state index is -0.816. The Bertz CT molecular complexity index is 989. The van der Waals surface area contributed by atoms with Crippen LogP contribution in [0, 0.1) is 0 Å². The maximum atomic E-state index is 10.1. The molecule has 182 valence electrons. The van der Waals surface area contributed by atoms with Crippen molar-refractivity contribution in [2.24, 2.45) is 0 Å². The summed E-state index contributed by atoms with van der Waals surface area (Å²) >= 11 is 1.72. The number of methoxy groups -OCH3 is 2. The molecule has 0 heterocycles. The van der Waals surface area contributed by atoms with E-state index in [1.165, 1.54) is 5.56 Å². The predicted molar refractivity (Wildman–Crippen MR) is 141 cm³/mol. The van der Waals surface area contributed by atoms with Crippen LogP contribution in [0.25, 0.3) is 0 Å². The van der Waals surface area contributed by atoms with Crippen LogP contribution in [0.15, 0.2) is 72.8 Å². The number of benzene rings is 3. The monoisotopic (exact) mass is 480 g/mol. The third-order valence-corrected chi connectivity index (χ3v) is 6.91. The van der Waals surface area contributed by atoms with Gasteiger partial charge in [-0.25, -0.2) is 0 Å². The molecule has 3 rings (SSSR count). The maximum Gasteiger partial charge on any atom is 0.144 e. The van der Waals surface area contributed by atoms with Gasteiger partial charge in [0.25, 0.3) is 0 Å². The average Bonchev–Trinajstić information content (AvgIpc) is 2.82. The molecule has 0 aliphatic heterocycles. The van der Waals surface area contributed by atoms with Gasteiger partial charge in [-0.05, 0) is 74.2 Å². The minimum Gasteiger partial charge on any atom is -0.497 e. The van der Waals surface area contributed by atoms with Crippen LogP contribution >= 0.6 is 11.8 Å². The highest BCUT2D eigenvalue weighted by Crippen LogP contribution is 2.43. The van der Waals surface area contributed by atoms with Crippen molar-refractivity contribution in [1.29, 1.82) is 0 Å². The Balaban J connectivity index is 2.15. The first-order valence-electron chi connectivity index (χ1n) is 11.5. The van der Waals surface area contributed by atoms with Gasteiger partial charge in [-0.2, -0.15) is 11.8 Å². The van der Waals surface area contributed by atoms with Gasteiger partial charge in [0.2, 0.25) is 0 Å². The summed E-state index contributed by atoms with van der Waals surface area (Å²) in [5.41, 5.74) is 2.77. The summed E-state index contributed by atoms with van der Waals surface area (Å²) in [5, 5.41) is 10.1. The maximum absolute atomic E-state index is 10.1. The number of aliphatic hydroxyl groups is 1. The minimum absolute atomic E-state index is 0.0302. The molecule has 3 aromatic rings. The molecule has 0 saturated carbocycles. The quantitative estimate of drug-likeness (QED) is 0.321. The zero-order valence-corrected chi connectivity index (χ0v) is 21.8. The van der Waals surface area contributed by atoms with Gasteiger partial charge in [-0.3, -0.25) is 0 Å². The average molecular weight is 481 g/mol. The first kappa shape index (κ1) is 26.1. The molecule has 1 N–H and O–H groups in total. The van der Waals surface area contributed by atoms with Crippen molar-refractivity contribution in [1.82, 2.24) is 0 Å². The highest BCUT2D eigenvalue weighted by molar-refractivity contribution is 7.98. The molecule has 0 spiro atoms. The number of rotatable bonds is 11. The topological polar surface area (TPSA) is 47.9 Å². The van der Waals surface area contributed by atoms with Gasteiger partial charge in [0, 0.05) is 11.5 Å². The number of hydrogen-bond donors (Lipinski definition) is 1. The van der Waals surface area contributed by atoms with E-state index >= 15 is 0 Å². The zero-order chi connectivity index (χ0) is 24.8. The molecule has 0 fully saturated rings. The Labute approximate surface area is 208 Å². The van der Waals surface area contributed by atoms with Crippen LogP contribution in [0.5, 0.6) is 11.5 Å². The summed E-state index contributed by atoms with van der Waals surface area (Å²) in [6.07, 6.45) is -0.0302. The van der Waals surface area contributed by atoms with E-state index in [0.717, 1.165) is 33.9 Å². The van der Waals surface area contributed by atoms with Crippen molar-refractivity contribution in [2.45, 2.75) is 50.8 Å². The van der Waals surface area contributed by atoms with Crippen LogP contribution in [-0.2, 0) is 16.1 Å². The Morgan fingerprint density at radius 2 is 1.32 bits per heavy atom. The lowest BCUT2D eigenvalue weighted by Gasteiger charge is -2.38. The van der Waals surface area contributed by atoms with Gasteiger partial charge in [-0.15, -0.1) is 0 Å². The summed E-state index contributed by atoms with van der Waals surface area (Å²) in [6, 6.07) is 24.7. The second-order valence-electron chi connectivity index (χ2n) is 9.31. The van der Waals surface area contributed by atoms with Crippen LogP contribution in [-0.4, -0.2) is 36.8 Å². The van der Waals surface area contributed by atoms with Gasteiger partial charge in [-0.1, -0.05) is 48.5 Å².